The highest BCUT2D eigenvalue weighted by molar-refractivity contribution is 6.18. The molecule has 3 nitrogen and oxygen atoms in total. The Bertz CT molecular complexity index is 146. The maximum Gasteiger partial charge on any atom is 0.221 e. The molecule has 0 unspecified atom stereocenters. The standard InChI is InChI=1S/C8H14ClNO2/c9-4-3-8(11)10-6-7-2-1-5-12-7/h7H,1-6H2,(H,10,11)/t7-/m0/s1. The number of carbonyl (C=O) groups excluding carboxylic acids is 1. The van der Waals surface area contributed by atoms with E-state index in [0.29, 0.717) is 18.8 Å². The van der Waals surface area contributed by atoms with Crippen LogP contribution in [0.2, 0.25) is 0 Å². The van der Waals surface area contributed by atoms with Crippen LogP contribution in [0, 0.1) is 0 Å². The van der Waals surface area contributed by atoms with Gasteiger partial charge in [-0.2, -0.15) is 0 Å². The first-order valence-corrected chi connectivity index (χ1v) is 4.80. The smallest absolute Gasteiger partial charge is 0.221 e. The first-order chi connectivity index (χ1) is 5.83. The Morgan fingerprint density at radius 2 is 2.50 bits per heavy atom. The number of hydrogen-bond donors (Lipinski definition) is 1. The molecule has 0 aromatic heterocycles. The van der Waals surface area contributed by atoms with Crippen LogP contribution in [0.5, 0.6) is 0 Å². The van der Waals surface area contributed by atoms with Crippen molar-refractivity contribution in [2.45, 2.75) is 25.4 Å². The fourth-order valence-corrected chi connectivity index (χ4v) is 1.38. The molecule has 4 heteroatoms. The van der Waals surface area contributed by atoms with Gasteiger partial charge in [-0.1, -0.05) is 0 Å². The van der Waals surface area contributed by atoms with Gasteiger partial charge in [-0.15, -0.1) is 11.6 Å². The second kappa shape index (κ2) is 5.38. The summed E-state index contributed by atoms with van der Waals surface area (Å²) in [6.07, 6.45) is 2.79. The van der Waals surface area contributed by atoms with Gasteiger partial charge in [-0.25, -0.2) is 0 Å². The van der Waals surface area contributed by atoms with Crippen molar-refractivity contribution in [1.29, 1.82) is 0 Å². The van der Waals surface area contributed by atoms with Gasteiger partial charge in [0, 0.05) is 25.5 Å². The molecule has 1 atom stereocenters. The van der Waals surface area contributed by atoms with Crippen LogP contribution in [0.25, 0.3) is 0 Å². The molecular formula is C8H14ClNO2. The van der Waals surface area contributed by atoms with Gasteiger partial charge in [-0.3, -0.25) is 4.79 Å². The zero-order chi connectivity index (χ0) is 8.81. The Labute approximate surface area is 77.4 Å². The first-order valence-electron chi connectivity index (χ1n) is 4.27. The Morgan fingerprint density at radius 3 is 3.08 bits per heavy atom. The van der Waals surface area contributed by atoms with Crippen LogP contribution in [0.1, 0.15) is 19.3 Å². The number of carbonyl (C=O) groups is 1. The van der Waals surface area contributed by atoms with Crippen LogP contribution in [-0.4, -0.2) is 31.0 Å². The molecule has 1 N–H and O–H groups in total. The van der Waals surface area contributed by atoms with Crippen LogP contribution >= 0.6 is 11.6 Å². The zero-order valence-electron chi connectivity index (χ0n) is 7.01. The molecule has 0 radical (unpaired) electrons. The minimum absolute atomic E-state index is 0.0144. The largest absolute Gasteiger partial charge is 0.376 e. The van der Waals surface area contributed by atoms with Crippen molar-refractivity contribution in [3.8, 4) is 0 Å². The SMILES string of the molecule is O=C(CCCl)NC[C@@H]1CCCO1. The van der Waals surface area contributed by atoms with Gasteiger partial charge in [-0.05, 0) is 12.8 Å². The van der Waals surface area contributed by atoms with Gasteiger partial charge >= 0.3 is 0 Å². The predicted molar refractivity (Wildman–Crippen MR) is 47.3 cm³/mol. The molecule has 1 aliphatic rings. The molecule has 0 spiro atoms. The first kappa shape index (κ1) is 9.81. The van der Waals surface area contributed by atoms with E-state index in [9.17, 15) is 4.79 Å². The molecule has 1 aliphatic heterocycles. The number of rotatable bonds is 4. The number of halogens is 1. The number of hydrogen-bond acceptors (Lipinski definition) is 2. The van der Waals surface area contributed by atoms with Crippen LogP contribution in [0.15, 0.2) is 0 Å². The molecule has 1 fully saturated rings. The van der Waals surface area contributed by atoms with Gasteiger partial charge in [0.05, 0.1) is 6.10 Å². The molecule has 1 rings (SSSR count). The summed E-state index contributed by atoms with van der Waals surface area (Å²) in [4.78, 5) is 10.9. The minimum atomic E-state index is 0.0144. The average molecular weight is 192 g/mol. The van der Waals surface area contributed by atoms with Crippen LogP contribution in [0.4, 0.5) is 0 Å². The molecule has 12 heavy (non-hydrogen) atoms. The summed E-state index contributed by atoms with van der Waals surface area (Å²) >= 11 is 5.40. The summed E-state index contributed by atoms with van der Waals surface area (Å²) < 4.78 is 5.33. The second-order valence-electron chi connectivity index (χ2n) is 2.88. The van der Waals surface area contributed by atoms with E-state index < -0.39 is 0 Å². The maximum absolute atomic E-state index is 10.9. The summed E-state index contributed by atoms with van der Waals surface area (Å²) in [5, 5.41) is 2.78. The van der Waals surface area contributed by atoms with E-state index in [4.69, 9.17) is 16.3 Å². The quantitative estimate of drug-likeness (QED) is 0.671. The molecule has 0 aromatic rings. The zero-order valence-corrected chi connectivity index (χ0v) is 7.77. The van der Waals surface area contributed by atoms with Gasteiger partial charge in [0.25, 0.3) is 0 Å². The number of nitrogens with one attached hydrogen (secondary N) is 1. The fourth-order valence-electron chi connectivity index (χ4n) is 1.21. The third-order valence-electron chi connectivity index (χ3n) is 1.87. The predicted octanol–water partition coefficient (Wildman–Crippen LogP) is 0.910. The van der Waals surface area contributed by atoms with Crippen molar-refractivity contribution in [1.82, 2.24) is 5.32 Å². The average Bonchev–Trinajstić information content (AvgIpc) is 2.53. The summed E-state index contributed by atoms with van der Waals surface area (Å²) in [6, 6.07) is 0. The lowest BCUT2D eigenvalue weighted by atomic mass is 10.2. The topological polar surface area (TPSA) is 38.3 Å². The van der Waals surface area contributed by atoms with E-state index in [1.807, 2.05) is 0 Å². The Morgan fingerprint density at radius 1 is 1.67 bits per heavy atom. The van der Waals surface area contributed by atoms with Crippen molar-refractivity contribution in [2.24, 2.45) is 0 Å². The van der Waals surface area contributed by atoms with Crippen molar-refractivity contribution in [3.05, 3.63) is 0 Å². The molecule has 1 amide bonds. The van der Waals surface area contributed by atoms with E-state index >= 15 is 0 Å². The van der Waals surface area contributed by atoms with E-state index in [1.54, 1.807) is 0 Å². The normalized spacial score (nSPS) is 22.6. The van der Waals surface area contributed by atoms with Crippen LogP contribution in [0.3, 0.4) is 0 Å². The molecule has 70 valence electrons. The molecule has 0 aromatic carbocycles. The molecule has 0 bridgehead atoms. The van der Waals surface area contributed by atoms with Crippen molar-refractivity contribution in [2.75, 3.05) is 19.0 Å². The van der Waals surface area contributed by atoms with E-state index in [-0.39, 0.29) is 12.0 Å². The fraction of sp³-hybridized carbons (Fsp3) is 0.875. The van der Waals surface area contributed by atoms with Crippen molar-refractivity contribution >= 4 is 17.5 Å². The Balaban J connectivity index is 2.03. The Kier molecular flexibility index (Phi) is 4.40. The molecule has 0 saturated carbocycles. The van der Waals surface area contributed by atoms with E-state index in [1.165, 1.54) is 0 Å². The highest BCUT2D eigenvalue weighted by atomic mass is 35.5. The van der Waals surface area contributed by atoms with Gasteiger partial charge in [0.2, 0.25) is 5.91 Å². The van der Waals surface area contributed by atoms with Gasteiger partial charge < -0.3 is 10.1 Å². The lowest BCUT2D eigenvalue weighted by molar-refractivity contribution is -0.121. The van der Waals surface area contributed by atoms with Gasteiger partial charge in [0.15, 0.2) is 0 Å². The summed E-state index contributed by atoms with van der Waals surface area (Å²) in [6.45, 7) is 1.46. The summed E-state index contributed by atoms with van der Waals surface area (Å²) in [7, 11) is 0. The third-order valence-corrected chi connectivity index (χ3v) is 2.06. The molecule has 1 saturated heterocycles. The number of amides is 1. The summed E-state index contributed by atoms with van der Waals surface area (Å²) in [5.41, 5.74) is 0. The monoisotopic (exact) mass is 191 g/mol. The molecule has 0 aliphatic carbocycles. The minimum Gasteiger partial charge on any atom is -0.376 e. The molecular weight excluding hydrogens is 178 g/mol. The third kappa shape index (κ3) is 3.41. The lowest BCUT2D eigenvalue weighted by Gasteiger charge is -2.09. The van der Waals surface area contributed by atoms with E-state index in [0.717, 1.165) is 19.4 Å². The lowest BCUT2D eigenvalue weighted by Crippen LogP contribution is -2.31. The summed E-state index contributed by atoms with van der Waals surface area (Å²) in [5.74, 6) is 0.401. The number of alkyl halides is 1. The van der Waals surface area contributed by atoms with Crippen LogP contribution < -0.4 is 5.32 Å². The van der Waals surface area contributed by atoms with Crippen molar-refractivity contribution in [3.63, 3.8) is 0 Å². The maximum atomic E-state index is 10.9. The number of ether oxygens (including phenoxy) is 1. The second-order valence-corrected chi connectivity index (χ2v) is 3.26. The van der Waals surface area contributed by atoms with Crippen LogP contribution in [-0.2, 0) is 9.53 Å². The van der Waals surface area contributed by atoms with E-state index in [2.05, 4.69) is 5.32 Å². The van der Waals surface area contributed by atoms with Gasteiger partial charge in [0.1, 0.15) is 0 Å². The van der Waals surface area contributed by atoms with Crippen molar-refractivity contribution < 1.29 is 9.53 Å². The highest BCUT2D eigenvalue weighted by Crippen LogP contribution is 2.10. The molecule has 1 heterocycles. The Hall–Kier alpha value is -0.280. The highest BCUT2D eigenvalue weighted by Gasteiger charge is 2.15.